The number of aromatic nitrogens is 1. The molecule has 0 aromatic carbocycles. The first-order valence-corrected chi connectivity index (χ1v) is 6.86. The lowest BCUT2D eigenvalue weighted by molar-refractivity contribution is 0.0951. The van der Waals surface area contributed by atoms with Crippen molar-refractivity contribution < 1.29 is 9.90 Å². The normalized spacial score (nSPS) is 22.2. The number of nitrogens with zero attached hydrogens (tertiary/aromatic N) is 1. The topological polar surface area (TPSA) is 74.2 Å². The SMILES string of the molecule is CCNC(=O)c1cc(NC2CCCC2CO)ccn1. The Hall–Kier alpha value is -1.62. The van der Waals surface area contributed by atoms with Crippen molar-refractivity contribution in [3.63, 3.8) is 0 Å². The zero-order valence-electron chi connectivity index (χ0n) is 11.2. The van der Waals surface area contributed by atoms with Crippen LogP contribution in [-0.4, -0.2) is 35.2 Å². The van der Waals surface area contributed by atoms with Gasteiger partial charge in [0.25, 0.3) is 5.91 Å². The predicted octanol–water partition coefficient (Wildman–Crippen LogP) is 1.40. The van der Waals surface area contributed by atoms with Crippen molar-refractivity contribution in [2.24, 2.45) is 5.92 Å². The van der Waals surface area contributed by atoms with Gasteiger partial charge in [0, 0.05) is 37.0 Å². The van der Waals surface area contributed by atoms with Gasteiger partial charge in [0.2, 0.25) is 0 Å². The molecule has 2 unspecified atom stereocenters. The third kappa shape index (κ3) is 3.44. The number of hydrogen-bond donors (Lipinski definition) is 3. The van der Waals surface area contributed by atoms with E-state index >= 15 is 0 Å². The summed E-state index contributed by atoms with van der Waals surface area (Å²) in [7, 11) is 0. The molecular weight excluding hydrogens is 242 g/mol. The number of anilines is 1. The fourth-order valence-corrected chi connectivity index (χ4v) is 2.56. The number of aliphatic hydroxyl groups excluding tert-OH is 1. The van der Waals surface area contributed by atoms with Crippen LogP contribution in [0.2, 0.25) is 0 Å². The van der Waals surface area contributed by atoms with Crippen LogP contribution in [0, 0.1) is 5.92 Å². The van der Waals surface area contributed by atoms with Crippen molar-refractivity contribution in [3.05, 3.63) is 24.0 Å². The zero-order valence-corrected chi connectivity index (χ0v) is 11.2. The van der Waals surface area contributed by atoms with Gasteiger partial charge in [-0.25, -0.2) is 0 Å². The molecule has 1 saturated carbocycles. The van der Waals surface area contributed by atoms with Gasteiger partial charge in [0.1, 0.15) is 5.69 Å². The first kappa shape index (κ1) is 13.8. The van der Waals surface area contributed by atoms with Gasteiger partial charge in [0.15, 0.2) is 0 Å². The van der Waals surface area contributed by atoms with Gasteiger partial charge in [-0.3, -0.25) is 9.78 Å². The third-order valence-electron chi connectivity index (χ3n) is 3.58. The van der Waals surface area contributed by atoms with Gasteiger partial charge in [0.05, 0.1) is 0 Å². The summed E-state index contributed by atoms with van der Waals surface area (Å²) in [5.41, 5.74) is 1.31. The molecule has 0 radical (unpaired) electrons. The van der Waals surface area contributed by atoms with Crippen LogP contribution in [0.3, 0.4) is 0 Å². The molecule has 1 aromatic rings. The summed E-state index contributed by atoms with van der Waals surface area (Å²) in [5.74, 6) is 0.150. The van der Waals surface area contributed by atoms with Crippen LogP contribution in [-0.2, 0) is 0 Å². The van der Waals surface area contributed by atoms with E-state index in [-0.39, 0.29) is 18.6 Å². The average molecular weight is 263 g/mol. The summed E-state index contributed by atoms with van der Waals surface area (Å²) in [6.07, 6.45) is 4.89. The van der Waals surface area contributed by atoms with Crippen LogP contribution in [0.1, 0.15) is 36.7 Å². The van der Waals surface area contributed by atoms with Crippen LogP contribution in [0.15, 0.2) is 18.3 Å². The Balaban J connectivity index is 2.04. The highest BCUT2D eigenvalue weighted by Crippen LogP contribution is 2.28. The molecule has 5 nitrogen and oxygen atoms in total. The molecule has 0 saturated heterocycles. The Labute approximate surface area is 113 Å². The van der Waals surface area contributed by atoms with E-state index < -0.39 is 0 Å². The maximum absolute atomic E-state index is 11.7. The Bertz CT molecular complexity index is 436. The second-order valence-corrected chi connectivity index (χ2v) is 4.91. The average Bonchev–Trinajstić information content (AvgIpc) is 2.86. The molecule has 1 aliphatic rings. The fraction of sp³-hybridized carbons (Fsp3) is 0.571. The first-order chi connectivity index (χ1) is 9.24. The largest absolute Gasteiger partial charge is 0.396 e. The number of carbonyl (C=O) groups excluding carboxylic acids is 1. The zero-order chi connectivity index (χ0) is 13.7. The van der Waals surface area contributed by atoms with E-state index in [1.54, 1.807) is 12.3 Å². The van der Waals surface area contributed by atoms with E-state index in [0.717, 1.165) is 24.9 Å². The van der Waals surface area contributed by atoms with Crippen LogP contribution < -0.4 is 10.6 Å². The van der Waals surface area contributed by atoms with Crippen molar-refractivity contribution in [2.75, 3.05) is 18.5 Å². The maximum Gasteiger partial charge on any atom is 0.269 e. The van der Waals surface area contributed by atoms with Crippen LogP contribution in [0.4, 0.5) is 5.69 Å². The standard InChI is InChI=1S/C14H21N3O2/c1-2-15-14(19)13-8-11(6-7-16-13)17-12-5-3-4-10(12)9-18/h6-8,10,12,18H,2-5,9H2,1H3,(H,15,19)(H,16,17). The highest BCUT2D eigenvalue weighted by atomic mass is 16.3. The van der Waals surface area contributed by atoms with E-state index in [1.807, 2.05) is 13.0 Å². The summed E-state index contributed by atoms with van der Waals surface area (Å²) in [6, 6.07) is 3.90. The molecule has 1 aliphatic carbocycles. The molecule has 1 heterocycles. The molecule has 0 aliphatic heterocycles. The van der Waals surface area contributed by atoms with Gasteiger partial charge < -0.3 is 15.7 Å². The highest BCUT2D eigenvalue weighted by Gasteiger charge is 2.26. The molecule has 19 heavy (non-hydrogen) atoms. The maximum atomic E-state index is 11.7. The summed E-state index contributed by atoms with van der Waals surface area (Å²) in [4.78, 5) is 15.8. The number of pyridine rings is 1. The molecule has 1 fully saturated rings. The minimum absolute atomic E-state index is 0.156. The number of hydrogen-bond acceptors (Lipinski definition) is 4. The number of nitrogens with one attached hydrogen (secondary N) is 2. The Morgan fingerprint density at radius 1 is 1.53 bits per heavy atom. The lowest BCUT2D eigenvalue weighted by atomic mass is 10.0. The van der Waals surface area contributed by atoms with Crippen LogP contribution in [0.5, 0.6) is 0 Å². The summed E-state index contributed by atoms with van der Waals surface area (Å²) >= 11 is 0. The predicted molar refractivity (Wildman–Crippen MR) is 74.1 cm³/mol. The molecule has 0 bridgehead atoms. The quantitative estimate of drug-likeness (QED) is 0.751. The number of aliphatic hydroxyl groups is 1. The van der Waals surface area contributed by atoms with Gasteiger partial charge >= 0.3 is 0 Å². The molecule has 5 heteroatoms. The monoisotopic (exact) mass is 263 g/mol. The molecule has 0 spiro atoms. The summed E-state index contributed by atoms with van der Waals surface area (Å²) in [5, 5.41) is 15.4. The number of rotatable bonds is 5. The Morgan fingerprint density at radius 2 is 2.37 bits per heavy atom. The van der Waals surface area contributed by atoms with E-state index in [0.29, 0.717) is 18.2 Å². The van der Waals surface area contributed by atoms with E-state index in [2.05, 4.69) is 15.6 Å². The molecule has 104 valence electrons. The van der Waals surface area contributed by atoms with Gasteiger partial charge in [-0.1, -0.05) is 6.42 Å². The molecule has 1 amide bonds. The van der Waals surface area contributed by atoms with Crippen LogP contribution in [0.25, 0.3) is 0 Å². The number of amides is 1. The molecule has 3 N–H and O–H groups in total. The van der Waals surface area contributed by atoms with Gasteiger partial charge in [-0.05, 0) is 31.9 Å². The first-order valence-electron chi connectivity index (χ1n) is 6.86. The summed E-state index contributed by atoms with van der Waals surface area (Å²) < 4.78 is 0. The minimum Gasteiger partial charge on any atom is -0.396 e. The molecule has 2 rings (SSSR count). The third-order valence-corrected chi connectivity index (χ3v) is 3.58. The Morgan fingerprint density at radius 3 is 3.11 bits per heavy atom. The van der Waals surface area contributed by atoms with Crippen molar-refractivity contribution in [1.82, 2.24) is 10.3 Å². The smallest absolute Gasteiger partial charge is 0.269 e. The van der Waals surface area contributed by atoms with Gasteiger partial charge in [-0.2, -0.15) is 0 Å². The lowest BCUT2D eigenvalue weighted by Gasteiger charge is -2.20. The van der Waals surface area contributed by atoms with Gasteiger partial charge in [-0.15, -0.1) is 0 Å². The lowest BCUT2D eigenvalue weighted by Crippen LogP contribution is -2.27. The van der Waals surface area contributed by atoms with Crippen molar-refractivity contribution >= 4 is 11.6 Å². The van der Waals surface area contributed by atoms with Crippen molar-refractivity contribution in [1.29, 1.82) is 0 Å². The second kappa shape index (κ2) is 6.52. The van der Waals surface area contributed by atoms with Crippen LogP contribution >= 0.6 is 0 Å². The molecular formula is C14H21N3O2. The number of carbonyl (C=O) groups is 1. The molecule has 1 aromatic heterocycles. The van der Waals surface area contributed by atoms with E-state index in [1.165, 1.54) is 0 Å². The highest BCUT2D eigenvalue weighted by molar-refractivity contribution is 5.93. The van der Waals surface area contributed by atoms with Crippen molar-refractivity contribution in [3.8, 4) is 0 Å². The second-order valence-electron chi connectivity index (χ2n) is 4.91. The fourth-order valence-electron chi connectivity index (χ4n) is 2.56. The summed E-state index contributed by atoms with van der Waals surface area (Å²) in [6.45, 7) is 2.68. The van der Waals surface area contributed by atoms with Crippen molar-refractivity contribution in [2.45, 2.75) is 32.2 Å². The minimum atomic E-state index is -0.156. The van der Waals surface area contributed by atoms with E-state index in [9.17, 15) is 9.90 Å². The van der Waals surface area contributed by atoms with E-state index in [4.69, 9.17) is 0 Å². The molecule has 2 atom stereocenters. The Kier molecular flexibility index (Phi) is 4.74.